The van der Waals surface area contributed by atoms with Crippen molar-refractivity contribution in [3.63, 3.8) is 0 Å². The van der Waals surface area contributed by atoms with Crippen LogP contribution in [0.3, 0.4) is 0 Å². The van der Waals surface area contributed by atoms with Crippen molar-refractivity contribution >= 4 is 10.0 Å². The molecule has 1 heterocycles. The largest absolute Gasteiger partial charge is 0.272 e. The molecule has 1 N–H and O–H groups in total. The number of halogens is 1. The molecule has 108 valence electrons. The van der Waals surface area contributed by atoms with Crippen molar-refractivity contribution in [2.75, 3.05) is 6.54 Å². The minimum Gasteiger partial charge on any atom is -0.272 e. The first-order valence-corrected chi connectivity index (χ1v) is 7.70. The summed E-state index contributed by atoms with van der Waals surface area (Å²) in [7, 11) is -3.57. The highest BCUT2D eigenvalue weighted by Gasteiger charge is 2.12. The molecule has 0 saturated carbocycles. The van der Waals surface area contributed by atoms with E-state index in [1.165, 1.54) is 12.1 Å². The van der Waals surface area contributed by atoms with Gasteiger partial charge in [-0.1, -0.05) is 0 Å². The summed E-state index contributed by atoms with van der Waals surface area (Å²) in [6.07, 6.45) is 4.28. The molecule has 0 aliphatic carbocycles. The van der Waals surface area contributed by atoms with Crippen molar-refractivity contribution in [3.8, 4) is 0 Å². The van der Waals surface area contributed by atoms with E-state index < -0.39 is 15.8 Å². The molecule has 5 nitrogen and oxygen atoms in total. The van der Waals surface area contributed by atoms with Crippen LogP contribution in [0.15, 0.2) is 41.6 Å². The summed E-state index contributed by atoms with van der Waals surface area (Å²) in [5, 5.41) is 4.12. The standard InChI is InChI=1S/C13H16FN3O2S/c1-11-9-15-17(10-11)8-2-7-16-20(18,19)13-5-3-12(14)4-6-13/h3-6,9-10,16H,2,7-8H2,1H3. The van der Waals surface area contributed by atoms with Crippen LogP contribution in [0.5, 0.6) is 0 Å². The minimum atomic E-state index is -3.57. The van der Waals surface area contributed by atoms with Gasteiger partial charge in [0, 0.05) is 19.3 Å². The third-order valence-corrected chi connectivity index (χ3v) is 4.22. The summed E-state index contributed by atoms with van der Waals surface area (Å²) in [5.74, 6) is -0.460. The lowest BCUT2D eigenvalue weighted by Gasteiger charge is -2.06. The topological polar surface area (TPSA) is 64.0 Å². The maximum Gasteiger partial charge on any atom is 0.240 e. The molecule has 7 heteroatoms. The number of aryl methyl sites for hydroxylation is 2. The van der Waals surface area contributed by atoms with Crippen LogP contribution in [0, 0.1) is 12.7 Å². The predicted molar refractivity (Wildman–Crippen MR) is 73.2 cm³/mol. The summed E-state index contributed by atoms with van der Waals surface area (Å²) in [6.45, 7) is 2.89. The SMILES string of the molecule is Cc1cnn(CCCNS(=O)(=O)c2ccc(F)cc2)c1. The van der Waals surface area contributed by atoms with Crippen molar-refractivity contribution in [2.45, 2.75) is 24.8 Å². The zero-order chi connectivity index (χ0) is 14.6. The molecule has 0 spiro atoms. The van der Waals surface area contributed by atoms with Gasteiger partial charge in [0.1, 0.15) is 5.82 Å². The smallest absolute Gasteiger partial charge is 0.240 e. The van der Waals surface area contributed by atoms with Gasteiger partial charge in [0.2, 0.25) is 10.0 Å². The highest BCUT2D eigenvalue weighted by atomic mass is 32.2. The monoisotopic (exact) mass is 297 g/mol. The Morgan fingerprint density at radius 2 is 2.00 bits per heavy atom. The highest BCUT2D eigenvalue weighted by Crippen LogP contribution is 2.09. The molecule has 2 aromatic rings. The van der Waals surface area contributed by atoms with Gasteiger partial charge in [0.05, 0.1) is 11.1 Å². The lowest BCUT2D eigenvalue weighted by atomic mass is 10.4. The normalized spacial score (nSPS) is 11.7. The number of nitrogens with one attached hydrogen (secondary N) is 1. The van der Waals surface area contributed by atoms with E-state index in [2.05, 4.69) is 9.82 Å². The molecule has 1 aromatic carbocycles. The number of nitrogens with zero attached hydrogens (tertiary/aromatic N) is 2. The number of hydrogen-bond acceptors (Lipinski definition) is 3. The first kappa shape index (κ1) is 14.7. The van der Waals surface area contributed by atoms with E-state index in [0.29, 0.717) is 19.5 Å². The maximum absolute atomic E-state index is 12.7. The van der Waals surface area contributed by atoms with E-state index in [9.17, 15) is 12.8 Å². The molecule has 0 radical (unpaired) electrons. The molecule has 0 amide bonds. The Balaban J connectivity index is 1.85. The molecule has 0 bridgehead atoms. The third-order valence-electron chi connectivity index (χ3n) is 2.74. The Morgan fingerprint density at radius 3 is 2.60 bits per heavy atom. The Kier molecular flexibility index (Phi) is 4.51. The van der Waals surface area contributed by atoms with Gasteiger partial charge in [-0.2, -0.15) is 5.10 Å². The Morgan fingerprint density at radius 1 is 1.30 bits per heavy atom. The van der Waals surface area contributed by atoms with Gasteiger partial charge in [-0.3, -0.25) is 4.68 Å². The van der Waals surface area contributed by atoms with Gasteiger partial charge in [-0.25, -0.2) is 17.5 Å². The van der Waals surface area contributed by atoms with Crippen LogP contribution in [0.4, 0.5) is 4.39 Å². The van der Waals surface area contributed by atoms with Crippen LogP contribution in [0.1, 0.15) is 12.0 Å². The van der Waals surface area contributed by atoms with Crippen molar-refractivity contribution in [2.24, 2.45) is 0 Å². The number of sulfonamides is 1. The zero-order valence-electron chi connectivity index (χ0n) is 11.1. The summed E-state index contributed by atoms with van der Waals surface area (Å²) in [6, 6.07) is 4.74. The molecule has 0 aliphatic heterocycles. The predicted octanol–water partition coefficient (Wildman–Crippen LogP) is 1.70. The number of hydrogen-bond donors (Lipinski definition) is 1. The van der Waals surface area contributed by atoms with Gasteiger partial charge >= 0.3 is 0 Å². The van der Waals surface area contributed by atoms with E-state index in [1.807, 2.05) is 13.1 Å². The Bertz CT molecular complexity index is 665. The number of aromatic nitrogens is 2. The molecule has 0 fully saturated rings. The van der Waals surface area contributed by atoms with E-state index in [0.717, 1.165) is 17.7 Å². The van der Waals surface area contributed by atoms with Crippen molar-refractivity contribution in [3.05, 3.63) is 48.0 Å². The zero-order valence-corrected chi connectivity index (χ0v) is 11.9. The van der Waals surface area contributed by atoms with E-state index in [1.54, 1.807) is 10.9 Å². The van der Waals surface area contributed by atoms with Crippen LogP contribution in [0.25, 0.3) is 0 Å². The number of rotatable bonds is 6. The third kappa shape index (κ3) is 3.88. The van der Waals surface area contributed by atoms with Crippen molar-refractivity contribution in [1.82, 2.24) is 14.5 Å². The summed E-state index contributed by atoms with van der Waals surface area (Å²) < 4.78 is 40.8. The van der Waals surface area contributed by atoms with Gasteiger partial charge in [0.15, 0.2) is 0 Å². The van der Waals surface area contributed by atoms with Crippen LogP contribution in [-0.2, 0) is 16.6 Å². The molecule has 2 rings (SSSR count). The van der Waals surface area contributed by atoms with Crippen molar-refractivity contribution in [1.29, 1.82) is 0 Å². The lowest BCUT2D eigenvalue weighted by molar-refractivity contribution is 0.552. The second-order valence-electron chi connectivity index (χ2n) is 4.49. The summed E-state index contributed by atoms with van der Waals surface area (Å²) in [4.78, 5) is 0.0637. The second kappa shape index (κ2) is 6.15. The fourth-order valence-electron chi connectivity index (χ4n) is 1.73. The molecular formula is C13H16FN3O2S. The summed E-state index contributed by atoms with van der Waals surface area (Å²) in [5.41, 5.74) is 1.07. The second-order valence-corrected chi connectivity index (χ2v) is 6.25. The average molecular weight is 297 g/mol. The molecular weight excluding hydrogens is 281 g/mol. The summed E-state index contributed by atoms with van der Waals surface area (Å²) >= 11 is 0. The van der Waals surface area contributed by atoms with Gasteiger partial charge in [-0.05, 0) is 43.2 Å². The molecule has 20 heavy (non-hydrogen) atoms. The van der Waals surface area contributed by atoms with E-state index in [-0.39, 0.29) is 4.90 Å². The van der Waals surface area contributed by atoms with Crippen LogP contribution in [-0.4, -0.2) is 24.7 Å². The Labute approximate surface area is 117 Å². The molecule has 0 saturated heterocycles. The van der Waals surface area contributed by atoms with Gasteiger partial charge in [-0.15, -0.1) is 0 Å². The fourth-order valence-corrected chi connectivity index (χ4v) is 2.81. The van der Waals surface area contributed by atoms with Crippen molar-refractivity contribution < 1.29 is 12.8 Å². The molecule has 0 atom stereocenters. The van der Waals surface area contributed by atoms with Crippen LogP contribution in [0.2, 0.25) is 0 Å². The molecule has 1 aromatic heterocycles. The average Bonchev–Trinajstić information content (AvgIpc) is 2.81. The lowest BCUT2D eigenvalue weighted by Crippen LogP contribution is -2.25. The van der Waals surface area contributed by atoms with Gasteiger partial charge < -0.3 is 0 Å². The maximum atomic E-state index is 12.7. The first-order valence-electron chi connectivity index (χ1n) is 6.22. The van der Waals surface area contributed by atoms with Gasteiger partial charge in [0.25, 0.3) is 0 Å². The molecule has 0 aliphatic rings. The first-order chi connectivity index (χ1) is 9.47. The molecule has 0 unspecified atom stereocenters. The minimum absolute atomic E-state index is 0.0637. The number of benzene rings is 1. The quantitative estimate of drug-likeness (QED) is 0.825. The van der Waals surface area contributed by atoms with Crippen LogP contribution < -0.4 is 4.72 Å². The fraction of sp³-hybridized carbons (Fsp3) is 0.308. The van der Waals surface area contributed by atoms with Crippen LogP contribution >= 0.6 is 0 Å². The Hall–Kier alpha value is -1.73. The van der Waals surface area contributed by atoms with E-state index >= 15 is 0 Å². The van der Waals surface area contributed by atoms with E-state index in [4.69, 9.17) is 0 Å². The highest BCUT2D eigenvalue weighted by molar-refractivity contribution is 7.89.